The number of nitrogens with zero attached hydrogens (tertiary/aromatic N) is 2. The third kappa shape index (κ3) is 2.28. The summed E-state index contributed by atoms with van der Waals surface area (Å²) in [6, 6.07) is 12.6. The quantitative estimate of drug-likeness (QED) is 0.869. The summed E-state index contributed by atoms with van der Waals surface area (Å²) in [6.45, 7) is 2.99. The molecular weight excluding hydrogens is 316 g/mol. The van der Waals surface area contributed by atoms with Crippen molar-refractivity contribution in [1.29, 1.82) is 0 Å². The van der Waals surface area contributed by atoms with Crippen molar-refractivity contribution in [2.75, 3.05) is 19.6 Å². The molecule has 0 radical (unpaired) electrons. The van der Waals surface area contributed by atoms with Crippen molar-refractivity contribution in [2.45, 2.75) is 30.8 Å². The van der Waals surface area contributed by atoms with E-state index in [0.29, 0.717) is 23.6 Å². The molecule has 0 aliphatic carbocycles. The second-order valence-corrected chi connectivity index (χ2v) is 7.50. The van der Waals surface area contributed by atoms with E-state index < -0.39 is 0 Å². The van der Waals surface area contributed by atoms with E-state index in [9.17, 15) is 9.59 Å². The normalized spacial score (nSPS) is 33.4. The zero-order valence-electron chi connectivity index (χ0n) is 14.0. The lowest BCUT2D eigenvalue weighted by molar-refractivity contribution is -0.00358. The topological polar surface area (TPSA) is 72.2 Å². The smallest absolute Gasteiger partial charge is 0.272 e. The van der Waals surface area contributed by atoms with Crippen LogP contribution in [-0.2, 0) is 0 Å². The summed E-state index contributed by atoms with van der Waals surface area (Å²) in [4.78, 5) is 29.1. The van der Waals surface area contributed by atoms with Gasteiger partial charge in [0.05, 0.1) is 6.04 Å². The maximum atomic E-state index is 13.1. The molecule has 2 N–H and O–H groups in total. The van der Waals surface area contributed by atoms with Gasteiger partial charge in [-0.1, -0.05) is 30.3 Å². The molecule has 1 aromatic carbocycles. The van der Waals surface area contributed by atoms with Gasteiger partial charge in [0, 0.05) is 24.6 Å². The van der Waals surface area contributed by atoms with E-state index >= 15 is 0 Å². The highest BCUT2D eigenvalue weighted by Crippen LogP contribution is 2.46. The molecule has 4 fully saturated rings. The Bertz CT molecular complexity index is 834. The number of piperidine rings is 3. The maximum absolute atomic E-state index is 13.1. The molecule has 2 bridgehead atoms. The lowest BCUT2D eigenvalue weighted by Gasteiger charge is -2.51. The van der Waals surface area contributed by atoms with Crippen LogP contribution in [0, 0.1) is 5.92 Å². The lowest BCUT2D eigenvalue weighted by Crippen LogP contribution is -2.60. The molecule has 1 amide bonds. The Morgan fingerprint density at radius 2 is 1.80 bits per heavy atom. The molecule has 0 saturated carbocycles. The molecule has 6 rings (SSSR count). The van der Waals surface area contributed by atoms with Crippen LogP contribution in [0.5, 0.6) is 0 Å². The number of fused-ring (bicyclic) bond motifs is 2. The molecule has 0 unspecified atom stereocenters. The highest BCUT2D eigenvalue weighted by atomic mass is 16.2. The minimum absolute atomic E-state index is 0.0551. The number of hydrogen-bond acceptors (Lipinski definition) is 3. The molecule has 2 aromatic rings. The van der Waals surface area contributed by atoms with Gasteiger partial charge in [-0.25, -0.2) is 0 Å². The van der Waals surface area contributed by atoms with Crippen molar-refractivity contribution in [3.05, 3.63) is 58.0 Å². The summed E-state index contributed by atoms with van der Waals surface area (Å²) in [6.07, 6.45) is 2.33. The fourth-order valence-corrected chi connectivity index (χ4v) is 5.25. The fourth-order valence-electron chi connectivity index (χ4n) is 5.25. The van der Waals surface area contributed by atoms with E-state index in [4.69, 9.17) is 0 Å². The Kier molecular flexibility index (Phi) is 3.35. The van der Waals surface area contributed by atoms with E-state index in [1.807, 2.05) is 11.0 Å². The SMILES string of the molecule is O=C(c1cc(=O)[nH][nH]1)N1C[C@H](c2ccccc2)[C@@H]2[C@H]1C1CCN2CC1. The predicted octanol–water partition coefficient (Wildman–Crippen LogP) is 1.41. The van der Waals surface area contributed by atoms with Crippen molar-refractivity contribution >= 4 is 5.91 Å². The third-order valence-corrected chi connectivity index (χ3v) is 6.31. The van der Waals surface area contributed by atoms with Crippen molar-refractivity contribution in [1.82, 2.24) is 20.0 Å². The molecular formula is C19H22N4O2. The first-order valence-electron chi connectivity index (χ1n) is 9.10. The van der Waals surface area contributed by atoms with Crippen molar-refractivity contribution in [3.63, 3.8) is 0 Å². The van der Waals surface area contributed by atoms with Gasteiger partial charge in [0.1, 0.15) is 5.69 Å². The van der Waals surface area contributed by atoms with E-state index in [0.717, 1.165) is 32.5 Å². The Balaban J connectivity index is 1.54. The number of H-pyrrole nitrogens is 2. The summed E-state index contributed by atoms with van der Waals surface area (Å²) in [7, 11) is 0. The molecule has 6 heteroatoms. The Labute approximate surface area is 145 Å². The Hall–Kier alpha value is -2.34. The van der Waals surface area contributed by atoms with Gasteiger partial charge >= 0.3 is 0 Å². The number of hydrogen-bond donors (Lipinski definition) is 2. The van der Waals surface area contributed by atoms with Gasteiger partial charge in [0.25, 0.3) is 11.5 Å². The second kappa shape index (κ2) is 5.59. The lowest BCUT2D eigenvalue weighted by atomic mass is 9.75. The highest BCUT2D eigenvalue weighted by Gasteiger charge is 2.54. The molecule has 0 spiro atoms. The van der Waals surface area contributed by atoms with Crippen molar-refractivity contribution < 1.29 is 4.79 Å². The first-order valence-corrected chi connectivity index (χ1v) is 9.10. The first-order chi connectivity index (χ1) is 12.2. The van der Waals surface area contributed by atoms with Crippen LogP contribution >= 0.6 is 0 Å². The van der Waals surface area contributed by atoms with E-state index in [1.165, 1.54) is 11.6 Å². The summed E-state index contributed by atoms with van der Waals surface area (Å²) in [5, 5.41) is 5.22. The molecule has 130 valence electrons. The van der Waals surface area contributed by atoms with Crippen LogP contribution in [0.1, 0.15) is 34.8 Å². The van der Waals surface area contributed by atoms with Gasteiger partial charge in [-0.3, -0.25) is 24.7 Å². The minimum atomic E-state index is -0.257. The largest absolute Gasteiger partial charge is 0.332 e. The number of amides is 1. The molecule has 4 aliphatic rings. The monoisotopic (exact) mass is 338 g/mol. The van der Waals surface area contributed by atoms with Crippen LogP contribution in [0.4, 0.5) is 0 Å². The molecule has 3 atom stereocenters. The van der Waals surface area contributed by atoms with Crippen LogP contribution in [0.2, 0.25) is 0 Å². The van der Waals surface area contributed by atoms with Crippen LogP contribution in [-0.4, -0.2) is 57.6 Å². The molecule has 1 aromatic heterocycles. The van der Waals surface area contributed by atoms with Gasteiger partial charge in [-0.2, -0.15) is 0 Å². The first kappa shape index (κ1) is 15.0. The Morgan fingerprint density at radius 1 is 1.04 bits per heavy atom. The van der Waals surface area contributed by atoms with Gasteiger partial charge in [0.2, 0.25) is 0 Å². The number of aromatic amines is 2. The number of nitrogens with one attached hydrogen (secondary N) is 2. The average Bonchev–Trinajstić information content (AvgIpc) is 3.28. The minimum Gasteiger partial charge on any atom is -0.332 e. The number of likely N-dealkylation sites (tertiary alicyclic amines) is 1. The van der Waals surface area contributed by atoms with Gasteiger partial charge < -0.3 is 4.90 Å². The van der Waals surface area contributed by atoms with Crippen LogP contribution in [0.3, 0.4) is 0 Å². The maximum Gasteiger partial charge on any atom is 0.272 e. The Morgan fingerprint density at radius 3 is 2.48 bits per heavy atom. The van der Waals surface area contributed by atoms with Crippen molar-refractivity contribution in [2.24, 2.45) is 5.92 Å². The fraction of sp³-hybridized carbons (Fsp3) is 0.474. The number of benzene rings is 1. The van der Waals surface area contributed by atoms with Crippen LogP contribution < -0.4 is 5.56 Å². The van der Waals surface area contributed by atoms with Gasteiger partial charge in [-0.05, 0) is 37.4 Å². The zero-order chi connectivity index (χ0) is 17.0. The van der Waals surface area contributed by atoms with E-state index in [1.54, 1.807) is 0 Å². The predicted molar refractivity (Wildman–Crippen MR) is 93.5 cm³/mol. The third-order valence-electron chi connectivity index (χ3n) is 6.31. The van der Waals surface area contributed by atoms with Gasteiger partial charge in [0.15, 0.2) is 0 Å². The molecule has 25 heavy (non-hydrogen) atoms. The number of rotatable bonds is 2. The summed E-state index contributed by atoms with van der Waals surface area (Å²) >= 11 is 0. The van der Waals surface area contributed by atoms with Gasteiger partial charge in [-0.15, -0.1) is 0 Å². The summed E-state index contributed by atoms with van der Waals surface area (Å²) in [5.41, 5.74) is 1.42. The number of aromatic nitrogens is 2. The standard InChI is InChI=1S/C19H22N4O2/c24-16-10-15(20-21-16)19(25)23-11-14(12-4-2-1-3-5-12)18-17(23)13-6-8-22(18)9-7-13/h1-5,10,13-14,17-18H,6-9,11H2,(H2,20,21,24)/t14-,17-,18-/m1/s1. The average molecular weight is 338 g/mol. The summed E-state index contributed by atoms with van der Waals surface area (Å²) in [5.74, 6) is 0.850. The summed E-state index contributed by atoms with van der Waals surface area (Å²) < 4.78 is 0. The molecule has 6 nitrogen and oxygen atoms in total. The number of carbonyl (C=O) groups is 1. The molecule has 4 aliphatic heterocycles. The van der Waals surface area contributed by atoms with E-state index in [2.05, 4.69) is 39.4 Å². The highest BCUT2D eigenvalue weighted by molar-refractivity contribution is 5.92. The second-order valence-electron chi connectivity index (χ2n) is 7.50. The van der Waals surface area contributed by atoms with E-state index in [-0.39, 0.29) is 17.5 Å². The van der Waals surface area contributed by atoms with Crippen LogP contribution in [0.15, 0.2) is 41.2 Å². The number of carbonyl (C=O) groups excluding carboxylic acids is 1. The van der Waals surface area contributed by atoms with Crippen molar-refractivity contribution in [3.8, 4) is 0 Å². The van der Waals surface area contributed by atoms with Crippen LogP contribution in [0.25, 0.3) is 0 Å². The zero-order valence-corrected chi connectivity index (χ0v) is 14.0. The molecule has 4 saturated heterocycles. The molecule has 5 heterocycles.